The van der Waals surface area contributed by atoms with Crippen molar-refractivity contribution in [2.24, 2.45) is 0 Å². The Kier molecular flexibility index (Phi) is 2.92. The van der Waals surface area contributed by atoms with Crippen LogP contribution >= 0.6 is 0 Å². The topological polar surface area (TPSA) is 66.5 Å². The van der Waals surface area contributed by atoms with Crippen molar-refractivity contribution in [1.82, 2.24) is 9.62 Å². The summed E-state index contributed by atoms with van der Waals surface area (Å²) in [5, 5.41) is 0. The maximum Gasteiger partial charge on any atom is 0.240 e. The quantitative estimate of drug-likeness (QED) is 0.640. The number of amides is 1. The summed E-state index contributed by atoms with van der Waals surface area (Å²) in [5.41, 5.74) is 0. The number of nitrogens with one attached hydrogen (secondary N) is 1. The van der Waals surface area contributed by atoms with Gasteiger partial charge >= 0.3 is 0 Å². The first-order valence-electron chi connectivity index (χ1n) is 4.12. The van der Waals surface area contributed by atoms with E-state index in [0.29, 0.717) is 13.0 Å². The SMILES string of the molecule is CN1CCC[C@H](NS(C)(=O)=O)C1=O. The smallest absolute Gasteiger partial charge is 0.240 e. The molecule has 0 radical (unpaired) electrons. The van der Waals surface area contributed by atoms with E-state index in [1.807, 2.05) is 0 Å². The van der Waals surface area contributed by atoms with Gasteiger partial charge in [-0.1, -0.05) is 0 Å². The zero-order valence-corrected chi connectivity index (χ0v) is 8.60. The summed E-state index contributed by atoms with van der Waals surface area (Å²) in [5.74, 6) is -0.142. The van der Waals surface area contributed by atoms with Crippen molar-refractivity contribution in [3.63, 3.8) is 0 Å². The van der Waals surface area contributed by atoms with E-state index >= 15 is 0 Å². The number of likely N-dealkylation sites (N-methyl/N-ethyl adjacent to an activating group) is 1. The molecule has 1 rings (SSSR count). The predicted octanol–water partition coefficient (Wildman–Crippen LogP) is -0.844. The lowest BCUT2D eigenvalue weighted by Crippen LogP contribution is -2.50. The Morgan fingerprint density at radius 1 is 1.54 bits per heavy atom. The van der Waals surface area contributed by atoms with E-state index in [-0.39, 0.29) is 5.91 Å². The van der Waals surface area contributed by atoms with Crippen LogP contribution in [-0.4, -0.2) is 45.1 Å². The van der Waals surface area contributed by atoms with Gasteiger partial charge in [0.1, 0.15) is 6.04 Å². The minimum atomic E-state index is -3.28. The van der Waals surface area contributed by atoms with Crippen LogP contribution in [0.25, 0.3) is 0 Å². The van der Waals surface area contributed by atoms with Gasteiger partial charge in [0.25, 0.3) is 0 Å². The largest absolute Gasteiger partial charge is 0.344 e. The molecule has 1 fully saturated rings. The summed E-state index contributed by atoms with van der Waals surface area (Å²) in [7, 11) is -1.60. The van der Waals surface area contributed by atoms with Crippen molar-refractivity contribution >= 4 is 15.9 Å². The molecule has 0 aromatic heterocycles. The highest BCUT2D eigenvalue weighted by Gasteiger charge is 2.28. The van der Waals surface area contributed by atoms with Crippen molar-refractivity contribution in [3.05, 3.63) is 0 Å². The lowest BCUT2D eigenvalue weighted by atomic mass is 10.1. The van der Waals surface area contributed by atoms with Gasteiger partial charge in [0, 0.05) is 13.6 Å². The van der Waals surface area contributed by atoms with Gasteiger partial charge < -0.3 is 4.90 Å². The molecule has 0 bridgehead atoms. The van der Waals surface area contributed by atoms with E-state index in [4.69, 9.17) is 0 Å². The number of likely N-dealkylation sites (tertiary alicyclic amines) is 1. The van der Waals surface area contributed by atoms with Crippen molar-refractivity contribution in [2.75, 3.05) is 19.8 Å². The van der Waals surface area contributed by atoms with E-state index in [2.05, 4.69) is 4.72 Å². The number of sulfonamides is 1. The highest BCUT2D eigenvalue weighted by atomic mass is 32.2. The normalized spacial score (nSPS) is 24.9. The summed E-state index contributed by atoms with van der Waals surface area (Å²) in [6.07, 6.45) is 2.50. The van der Waals surface area contributed by atoms with E-state index < -0.39 is 16.1 Å². The van der Waals surface area contributed by atoms with E-state index in [0.717, 1.165) is 12.7 Å². The number of nitrogens with zero attached hydrogens (tertiary/aromatic N) is 1. The molecule has 0 spiro atoms. The van der Waals surface area contributed by atoms with Gasteiger partial charge in [0.2, 0.25) is 15.9 Å². The molecule has 1 atom stereocenters. The summed E-state index contributed by atoms with van der Waals surface area (Å²) >= 11 is 0. The van der Waals surface area contributed by atoms with Crippen molar-refractivity contribution in [3.8, 4) is 0 Å². The lowest BCUT2D eigenvalue weighted by Gasteiger charge is -2.28. The molecule has 0 saturated carbocycles. The number of carbonyl (C=O) groups is 1. The Morgan fingerprint density at radius 2 is 2.15 bits per heavy atom. The first kappa shape index (κ1) is 10.5. The summed E-state index contributed by atoms with van der Waals surface area (Å²) in [6, 6.07) is -0.561. The van der Waals surface area contributed by atoms with Gasteiger partial charge in [-0.15, -0.1) is 0 Å². The van der Waals surface area contributed by atoms with E-state index in [9.17, 15) is 13.2 Å². The molecule has 1 amide bonds. The summed E-state index contributed by atoms with van der Waals surface area (Å²) in [4.78, 5) is 12.9. The number of piperidine rings is 1. The maximum absolute atomic E-state index is 11.4. The molecule has 0 aliphatic carbocycles. The fourth-order valence-corrected chi connectivity index (χ4v) is 2.14. The van der Waals surface area contributed by atoms with Gasteiger partial charge in [-0.05, 0) is 12.8 Å². The van der Waals surface area contributed by atoms with Crippen LogP contribution in [0.15, 0.2) is 0 Å². The van der Waals surface area contributed by atoms with Crippen LogP contribution in [-0.2, 0) is 14.8 Å². The molecule has 1 heterocycles. The molecule has 1 saturated heterocycles. The third-order valence-electron chi connectivity index (χ3n) is 2.02. The van der Waals surface area contributed by atoms with Gasteiger partial charge in [0.05, 0.1) is 6.26 Å². The van der Waals surface area contributed by atoms with Crippen LogP contribution in [0.4, 0.5) is 0 Å². The van der Waals surface area contributed by atoms with Crippen LogP contribution in [0.3, 0.4) is 0 Å². The molecule has 1 aliphatic rings. The summed E-state index contributed by atoms with van der Waals surface area (Å²) in [6.45, 7) is 0.709. The molecule has 1 aliphatic heterocycles. The predicted molar refractivity (Wildman–Crippen MR) is 48.6 cm³/mol. The third-order valence-corrected chi connectivity index (χ3v) is 2.73. The second-order valence-electron chi connectivity index (χ2n) is 3.34. The molecule has 76 valence electrons. The van der Waals surface area contributed by atoms with Gasteiger partial charge in [-0.3, -0.25) is 4.79 Å². The minimum Gasteiger partial charge on any atom is -0.344 e. The first-order chi connectivity index (χ1) is 5.90. The molecule has 6 heteroatoms. The number of hydrogen-bond donors (Lipinski definition) is 1. The van der Waals surface area contributed by atoms with Crippen LogP contribution in [0.2, 0.25) is 0 Å². The Hall–Kier alpha value is -0.620. The average molecular weight is 206 g/mol. The number of hydrogen-bond acceptors (Lipinski definition) is 3. The molecule has 0 aromatic carbocycles. The van der Waals surface area contributed by atoms with Crippen molar-refractivity contribution in [2.45, 2.75) is 18.9 Å². The van der Waals surface area contributed by atoms with Crippen molar-refractivity contribution in [1.29, 1.82) is 0 Å². The average Bonchev–Trinajstić information content (AvgIpc) is 1.96. The standard InChI is InChI=1S/C7H14N2O3S/c1-9-5-3-4-6(7(9)10)8-13(2,11)12/h6,8H,3-5H2,1-2H3/t6-/m0/s1. The fourth-order valence-electron chi connectivity index (χ4n) is 1.40. The Morgan fingerprint density at radius 3 is 2.69 bits per heavy atom. The van der Waals surface area contributed by atoms with E-state index in [1.165, 1.54) is 0 Å². The summed E-state index contributed by atoms with van der Waals surface area (Å²) < 4.78 is 24.1. The van der Waals surface area contributed by atoms with E-state index in [1.54, 1.807) is 11.9 Å². The monoisotopic (exact) mass is 206 g/mol. The molecule has 13 heavy (non-hydrogen) atoms. The minimum absolute atomic E-state index is 0.142. The Bertz CT molecular complexity index is 299. The molecular formula is C7H14N2O3S. The number of carbonyl (C=O) groups excluding carboxylic acids is 1. The zero-order chi connectivity index (χ0) is 10.1. The Labute approximate surface area is 78.2 Å². The van der Waals surface area contributed by atoms with Crippen molar-refractivity contribution < 1.29 is 13.2 Å². The second kappa shape index (κ2) is 3.63. The molecule has 5 nitrogen and oxygen atoms in total. The zero-order valence-electron chi connectivity index (χ0n) is 7.78. The van der Waals surface area contributed by atoms with Gasteiger partial charge in [-0.2, -0.15) is 0 Å². The van der Waals surface area contributed by atoms with Gasteiger partial charge in [-0.25, -0.2) is 13.1 Å². The molecular weight excluding hydrogens is 192 g/mol. The molecule has 0 aromatic rings. The maximum atomic E-state index is 11.4. The van der Waals surface area contributed by atoms with Crippen LogP contribution in [0.5, 0.6) is 0 Å². The number of rotatable bonds is 2. The molecule has 1 N–H and O–H groups in total. The molecule has 0 unspecified atom stereocenters. The Balaban J connectivity index is 2.65. The highest BCUT2D eigenvalue weighted by Crippen LogP contribution is 2.10. The first-order valence-corrected chi connectivity index (χ1v) is 6.01. The van der Waals surface area contributed by atoms with Crippen LogP contribution in [0.1, 0.15) is 12.8 Å². The van der Waals surface area contributed by atoms with Gasteiger partial charge in [0.15, 0.2) is 0 Å². The van der Waals surface area contributed by atoms with Crippen LogP contribution < -0.4 is 4.72 Å². The lowest BCUT2D eigenvalue weighted by molar-refractivity contribution is -0.133. The third kappa shape index (κ3) is 2.96. The highest BCUT2D eigenvalue weighted by molar-refractivity contribution is 7.88. The van der Waals surface area contributed by atoms with Crippen LogP contribution in [0, 0.1) is 0 Å². The second-order valence-corrected chi connectivity index (χ2v) is 5.12. The fraction of sp³-hybridized carbons (Fsp3) is 0.857.